The molecule has 1 heterocycles. The Morgan fingerprint density at radius 3 is 2.21 bits per heavy atom. The third kappa shape index (κ3) is 7.98. The summed E-state index contributed by atoms with van der Waals surface area (Å²) in [6.45, 7) is 1.65. The molecule has 9 nitrogen and oxygen atoms in total. The molecule has 0 saturated heterocycles. The molecule has 1 unspecified atom stereocenters. The summed E-state index contributed by atoms with van der Waals surface area (Å²) in [4.78, 5) is 29.2. The first-order valence-electron chi connectivity index (χ1n) is 14.8. The fourth-order valence-corrected chi connectivity index (χ4v) is 7.09. The topological polar surface area (TPSA) is 105 Å². The van der Waals surface area contributed by atoms with Gasteiger partial charge in [0.25, 0.3) is 10.0 Å². The van der Waals surface area contributed by atoms with E-state index in [1.54, 1.807) is 25.1 Å². The Morgan fingerprint density at radius 2 is 1.55 bits per heavy atom. The number of anilines is 1. The van der Waals surface area contributed by atoms with Crippen LogP contribution in [0.5, 0.6) is 11.5 Å². The maximum absolute atomic E-state index is 14.5. The summed E-state index contributed by atoms with van der Waals surface area (Å²) in [6.07, 6.45) is 0.117. The van der Waals surface area contributed by atoms with Gasteiger partial charge in [-0.15, -0.1) is 0 Å². The lowest BCUT2D eigenvalue weighted by Crippen LogP contribution is -2.53. The van der Waals surface area contributed by atoms with Crippen molar-refractivity contribution in [2.24, 2.45) is 0 Å². The van der Waals surface area contributed by atoms with Crippen molar-refractivity contribution >= 4 is 50.7 Å². The molecule has 47 heavy (non-hydrogen) atoms. The Balaban J connectivity index is 1.59. The number of amides is 2. The van der Waals surface area contributed by atoms with Crippen LogP contribution in [0.25, 0.3) is 0 Å². The maximum atomic E-state index is 14.5. The number of nitrogens with zero attached hydrogens (tertiary/aromatic N) is 2. The minimum absolute atomic E-state index is 0.0305. The molecule has 0 saturated carbocycles. The fraction of sp³-hybridized carbons (Fsp3) is 0.235. The van der Waals surface area contributed by atoms with E-state index >= 15 is 0 Å². The summed E-state index contributed by atoms with van der Waals surface area (Å²) >= 11 is 13.0. The quantitative estimate of drug-likeness (QED) is 0.198. The molecule has 0 radical (unpaired) electrons. The van der Waals surface area contributed by atoms with E-state index in [9.17, 15) is 22.4 Å². The largest absolute Gasteiger partial charge is 0.486 e. The molecule has 1 atom stereocenters. The molecule has 13 heteroatoms. The van der Waals surface area contributed by atoms with E-state index < -0.39 is 40.2 Å². The van der Waals surface area contributed by atoms with Crippen molar-refractivity contribution in [3.8, 4) is 11.5 Å². The zero-order valence-electron chi connectivity index (χ0n) is 25.4. The van der Waals surface area contributed by atoms with Gasteiger partial charge in [-0.3, -0.25) is 13.9 Å². The number of likely N-dealkylation sites (N-methyl/N-ethyl adjacent to an activating group) is 1. The van der Waals surface area contributed by atoms with Crippen LogP contribution in [0.4, 0.5) is 10.1 Å². The third-order valence-corrected chi connectivity index (χ3v) is 9.99. The van der Waals surface area contributed by atoms with Crippen LogP contribution in [-0.2, 0) is 32.6 Å². The van der Waals surface area contributed by atoms with E-state index in [2.05, 4.69) is 5.32 Å². The maximum Gasteiger partial charge on any atom is 0.264 e. The van der Waals surface area contributed by atoms with Gasteiger partial charge in [0.1, 0.15) is 31.6 Å². The van der Waals surface area contributed by atoms with Gasteiger partial charge in [0.15, 0.2) is 11.5 Å². The molecular formula is C34H32Cl2FN3O6S. The number of benzene rings is 4. The zero-order valence-corrected chi connectivity index (χ0v) is 27.7. The normalized spacial score (nSPS) is 13.0. The monoisotopic (exact) mass is 699 g/mol. The lowest BCUT2D eigenvalue weighted by Gasteiger charge is -2.34. The number of hydrogen-bond donors (Lipinski definition) is 1. The second kappa shape index (κ2) is 15.1. The van der Waals surface area contributed by atoms with Crippen LogP contribution < -0.4 is 19.1 Å². The number of nitrogens with one attached hydrogen (secondary N) is 1. The predicted molar refractivity (Wildman–Crippen MR) is 178 cm³/mol. The number of ether oxygens (including phenoxy) is 2. The van der Waals surface area contributed by atoms with Crippen LogP contribution in [0.1, 0.15) is 18.1 Å². The van der Waals surface area contributed by atoms with Crippen LogP contribution in [-0.4, -0.2) is 57.5 Å². The highest BCUT2D eigenvalue weighted by molar-refractivity contribution is 7.92. The lowest BCUT2D eigenvalue weighted by atomic mass is 10.0. The number of hydrogen-bond acceptors (Lipinski definition) is 6. The fourth-order valence-electron chi connectivity index (χ4n) is 5.15. The number of sulfonamides is 1. The molecule has 0 aromatic heterocycles. The Labute approximate surface area is 282 Å². The molecule has 2 amide bonds. The van der Waals surface area contributed by atoms with Gasteiger partial charge in [0.05, 0.1) is 10.6 Å². The minimum Gasteiger partial charge on any atom is -0.486 e. The highest BCUT2D eigenvalue weighted by Crippen LogP contribution is 2.35. The minimum atomic E-state index is -4.46. The van der Waals surface area contributed by atoms with Crippen LogP contribution in [0, 0.1) is 5.82 Å². The lowest BCUT2D eigenvalue weighted by molar-refractivity contribution is -0.140. The summed E-state index contributed by atoms with van der Waals surface area (Å²) in [5.41, 5.74) is 1.18. The highest BCUT2D eigenvalue weighted by atomic mass is 35.5. The molecule has 0 bridgehead atoms. The number of rotatable bonds is 12. The van der Waals surface area contributed by atoms with Crippen molar-refractivity contribution in [2.45, 2.75) is 30.8 Å². The summed E-state index contributed by atoms with van der Waals surface area (Å²) in [5.74, 6) is -1.15. The SMILES string of the molecule is CCNC(=O)C(Cc1ccccc1)N(Cc1c(Cl)cccc1Cl)C(=O)CN(c1ccc(F)cc1)S(=O)(=O)c1ccc2c(c1)OCCO2. The van der Waals surface area contributed by atoms with Crippen molar-refractivity contribution in [3.05, 3.63) is 118 Å². The van der Waals surface area contributed by atoms with Crippen molar-refractivity contribution in [1.29, 1.82) is 0 Å². The average molecular weight is 701 g/mol. The van der Waals surface area contributed by atoms with Gasteiger partial charge in [-0.1, -0.05) is 59.6 Å². The molecule has 246 valence electrons. The Morgan fingerprint density at radius 1 is 0.894 bits per heavy atom. The van der Waals surface area contributed by atoms with Crippen LogP contribution in [0.2, 0.25) is 10.0 Å². The second-order valence-electron chi connectivity index (χ2n) is 10.6. The molecule has 1 N–H and O–H groups in total. The first kappa shape index (κ1) is 34.0. The molecule has 4 aromatic carbocycles. The van der Waals surface area contributed by atoms with E-state index in [4.69, 9.17) is 32.7 Å². The molecule has 0 aliphatic carbocycles. The van der Waals surface area contributed by atoms with Crippen molar-refractivity contribution in [1.82, 2.24) is 10.2 Å². The van der Waals surface area contributed by atoms with Gasteiger partial charge in [0, 0.05) is 41.2 Å². The summed E-state index contributed by atoms with van der Waals surface area (Å²) in [5, 5.41) is 3.33. The van der Waals surface area contributed by atoms with E-state index in [1.807, 2.05) is 30.3 Å². The highest BCUT2D eigenvalue weighted by Gasteiger charge is 2.35. The van der Waals surface area contributed by atoms with Gasteiger partial charge >= 0.3 is 0 Å². The summed E-state index contributed by atoms with van der Waals surface area (Å²) < 4.78 is 54.6. The van der Waals surface area contributed by atoms with E-state index in [-0.39, 0.29) is 46.0 Å². The molecule has 1 aliphatic rings. The first-order chi connectivity index (χ1) is 22.6. The van der Waals surface area contributed by atoms with Crippen LogP contribution in [0.3, 0.4) is 0 Å². The number of halogens is 3. The van der Waals surface area contributed by atoms with E-state index in [1.165, 1.54) is 35.2 Å². The standard InChI is InChI=1S/C34H32Cl2FN3O6S/c1-2-38-34(42)30(19-23-7-4-3-5-8-23)39(21-27-28(35)9-6-10-29(27)36)33(41)22-40(25-13-11-24(37)12-14-25)47(43,44)26-15-16-31-32(20-26)46-18-17-45-31/h3-16,20,30H,2,17-19,21-22H2,1H3,(H,38,42). The summed E-state index contributed by atoms with van der Waals surface area (Å²) in [7, 11) is -4.46. The molecule has 5 rings (SSSR count). The molecule has 0 spiro atoms. The zero-order chi connectivity index (χ0) is 33.6. The molecule has 0 fully saturated rings. The predicted octanol–water partition coefficient (Wildman–Crippen LogP) is 5.88. The smallest absolute Gasteiger partial charge is 0.264 e. The van der Waals surface area contributed by atoms with Crippen molar-refractivity contribution < 1.29 is 31.9 Å². The number of carbonyl (C=O) groups is 2. The Hall–Kier alpha value is -4.32. The second-order valence-corrected chi connectivity index (χ2v) is 13.3. The van der Waals surface area contributed by atoms with Crippen LogP contribution >= 0.6 is 23.2 Å². The van der Waals surface area contributed by atoms with Gasteiger partial charge in [-0.05, 0) is 61.0 Å². The Bertz CT molecular complexity index is 1820. The Kier molecular flexibility index (Phi) is 10.9. The number of fused-ring (bicyclic) bond motifs is 1. The van der Waals surface area contributed by atoms with Crippen molar-refractivity contribution in [2.75, 3.05) is 30.6 Å². The third-order valence-electron chi connectivity index (χ3n) is 7.51. The van der Waals surface area contributed by atoms with Gasteiger partial charge in [-0.2, -0.15) is 0 Å². The molecular weight excluding hydrogens is 668 g/mol. The van der Waals surface area contributed by atoms with Crippen LogP contribution in [0.15, 0.2) is 95.9 Å². The van der Waals surface area contributed by atoms with E-state index in [0.717, 1.165) is 22.0 Å². The van der Waals surface area contributed by atoms with Gasteiger partial charge in [-0.25, -0.2) is 12.8 Å². The number of carbonyl (C=O) groups excluding carboxylic acids is 2. The van der Waals surface area contributed by atoms with Gasteiger partial charge < -0.3 is 19.7 Å². The van der Waals surface area contributed by atoms with Crippen molar-refractivity contribution in [3.63, 3.8) is 0 Å². The average Bonchev–Trinajstić information content (AvgIpc) is 3.07. The van der Waals surface area contributed by atoms with Gasteiger partial charge in [0.2, 0.25) is 11.8 Å². The first-order valence-corrected chi connectivity index (χ1v) is 17.0. The van der Waals surface area contributed by atoms with E-state index in [0.29, 0.717) is 24.5 Å². The molecule has 1 aliphatic heterocycles. The molecule has 4 aromatic rings. The summed E-state index contributed by atoms with van der Waals surface area (Å²) in [6, 6.07) is 21.8.